The lowest BCUT2D eigenvalue weighted by Gasteiger charge is -2.55. The molecule has 0 aliphatic carbocycles. The number of ether oxygens (including phenoxy) is 2. The highest BCUT2D eigenvalue weighted by Crippen LogP contribution is 2.35. The van der Waals surface area contributed by atoms with Crippen LogP contribution < -0.4 is 10.4 Å². The molecular formula is C30H40N2O4Si4. The third-order valence-electron chi connectivity index (χ3n) is 9.63. The van der Waals surface area contributed by atoms with Gasteiger partial charge in [0.25, 0.3) is 0 Å². The van der Waals surface area contributed by atoms with E-state index in [2.05, 4.69) is 76.6 Å². The summed E-state index contributed by atoms with van der Waals surface area (Å²) in [4.78, 5) is 23.6. The lowest BCUT2D eigenvalue weighted by molar-refractivity contribution is -0.136. The molecule has 0 aromatic heterocycles. The van der Waals surface area contributed by atoms with Crippen molar-refractivity contribution in [1.82, 2.24) is 0 Å². The molecule has 10 heteroatoms. The molecule has 0 amide bonds. The summed E-state index contributed by atoms with van der Waals surface area (Å²) in [6.07, 6.45) is 3.15. The normalized spacial score (nSPS) is 13.2. The summed E-state index contributed by atoms with van der Waals surface area (Å²) in [5, 5.41) is 21.4. The zero-order chi connectivity index (χ0) is 30.5. The van der Waals surface area contributed by atoms with E-state index in [-0.39, 0.29) is 11.1 Å². The van der Waals surface area contributed by atoms with E-state index in [1.165, 1.54) is 24.6 Å². The molecule has 0 aliphatic rings. The number of rotatable bonds is 9. The van der Waals surface area contributed by atoms with Crippen molar-refractivity contribution in [1.29, 1.82) is 10.5 Å². The Hall–Kier alpha value is -3.29. The third-order valence-corrected chi connectivity index (χ3v) is 77.2. The van der Waals surface area contributed by atoms with Gasteiger partial charge in [0.05, 0.1) is 29.4 Å². The van der Waals surface area contributed by atoms with E-state index in [1.807, 2.05) is 36.4 Å². The Morgan fingerprint density at radius 3 is 1.10 bits per heavy atom. The Morgan fingerprint density at radius 1 is 0.600 bits per heavy atom. The van der Waals surface area contributed by atoms with Gasteiger partial charge in [-0.1, -0.05) is 111 Å². The molecule has 6 nitrogen and oxygen atoms in total. The minimum atomic E-state index is -1.88. The summed E-state index contributed by atoms with van der Waals surface area (Å²) in [7, 11) is -4.77. The van der Waals surface area contributed by atoms with Gasteiger partial charge in [-0.2, -0.15) is 10.5 Å². The monoisotopic (exact) mass is 604 g/mol. The molecule has 0 saturated heterocycles. The fourth-order valence-corrected chi connectivity index (χ4v) is 74.0. The third kappa shape index (κ3) is 6.21. The Balaban J connectivity index is 2.45. The zero-order valence-electron chi connectivity index (χ0n) is 25.3. The van der Waals surface area contributed by atoms with Crippen LogP contribution in [0, 0.1) is 22.7 Å². The predicted octanol–water partition coefficient (Wildman–Crippen LogP) is 5.03. The maximum atomic E-state index is 11.8. The largest absolute Gasteiger partial charge is 0.465 e. The molecule has 2 aromatic carbocycles. The van der Waals surface area contributed by atoms with Crippen LogP contribution in [0.15, 0.2) is 59.7 Å². The van der Waals surface area contributed by atoms with Gasteiger partial charge in [0.15, 0.2) is 0 Å². The Labute approximate surface area is 242 Å². The number of carbonyl (C=O) groups is 2. The predicted molar refractivity (Wildman–Crippen MR) is 173 cm³/mol. The number of nitrogens with zero attached hydrogens (tertiary/aromatic N) is 2. The summed E-state index contributed by atoms with van der Waals surface area (Å²) < 4.78 is 9.41. The number of benzene rings is 2. The molecule has 0 unspecified atom stereocenters. The summed E-state index contributed by atoms with van der Waals surface area (Å²) in [5.74, 6) is -1.26. The molecule has 40 heavy (non-hydrogen) atoms. The lowest BCUT2D eigenvalue weighted by Crippen LogP contribution is -2.84. The molecule has 2 rings (SSSR count). The van der Waals surface area contributed by atoms with Crippen LogP contribution in [0.1, 0.15) is 11.1 Å². The van der Waals surface area contributed by atoms with Gasteiger partial charge in [-0.15, -0.1) is 0 Å². The minimum Gasteiger partial charge on any atom is -0.465 e. The van der Waals surface area contributed by atoms with Gasteiger partial charge < -0.3 is 9.47 Å². The van der Waals surface area contributed by atoms with Crippen molar-refractivity contribution in [2.75, 3.05) is 14.2 Å². The molecule has 210 valence electrons. The van der Waals surface area contributed by atoms with Crippen molar-refractivity contribution in [3.63, 3.8) is 0 Å². The van der Waals surface area contributed by atoms with Gasteiger partial charge in [0, 0.05) is 14.2 Å². The Kier molecular flexibility index (Phi) is 10.3. The minimum absolute atomic E-state index is 0.0154. The fraction of sp³-hybridized carbons (Fsp3) is 0.333. The molecule has 2 aromatic rings. The Bertz CT molecular complexity index is 1300. The van der Waals surface area contributed by atoms with Crippen LogP contribution >= 0.6 is 0 Å². The van der Waals surface area contributed by atoms with Crippen molar-refractivity contribution in [2.45, 2.75) is 52.4 Å². The highest BCUT2D eigenvalue weighted by molar-refractivity contribution is 7.85. The molecule has 0 N–H and O–H groups in total. The average molecular weight is 605 g/mol. The molecule has 0 atom stereocenters. The molecule has 0 saturated carbocycles. The highest BCUT2D eigenvalue weighted by atomic mass is 29.8. The van der Waals surface area contributed by atoms with Crippen LogP contribution in [-0.4, -0.2) is 55.6 Å². The van der Waals surface area contributed by atoms with Crippen molar-refractivity contribution in [3.05, 3.63) is 70.8 Å². The number of nitriles is 2. The van der Waals surface area contributed by atoms with Crippen molar-refractivity contribution < 1.29 is 19.1 Å². The van der Waals surface area contributed by atoms with Gasteiger partial charge in [0.2, 0.25) is 0 Å². The van der Waals surface area contributed by atoms with E-state index in [0.29, 0.717) is 0 Å². The average Bonchev–Trinajstić information content (AvgIpc) is 2.93. The lowest BCUT2D eigenvalue weighted by atomic mass is 10.1. The second-order valence-corrected chi connectivity index (χ2v) is 51.7. The van der Waals surface area contributed by atoms with Crippen LogP contribution in [0.5, 0.6) is 0 Å². The number of carbonyl (C=O) groups excluding carboxylic acids is 2. The summed E-state index contributed by atoms with van der Waals surface area (Å²) >= 11 is 0. The second kappa shape index (κ2) is 12.5. The van der Waals surface area contributed by atoms with Gasteiger partial charge in [0.1, 0.15) is 23.3 Å². The molecule has 0 heterocycles. The number of methoxy groups -OCH3 is 2. The van der Waals surface area contributed by atoms with E-state index in [4.69, 9.17) is 9.47 Å². The zero-order valence-corrected chi connectivity index (χ0v) is 29.3. The second-order valence-electron chi connectivity index (χ2n) is 12.1. The molecule has 0 bridgehead atoms. The summed E-state index contributed by atoms with van der Waals surface area (Å²) in [6, 6.07) is 20.6. The standard InChI is InChI=1S/C30H40N2O4Si4/c1-35-29(33)25(21-31)19-23-11-15-27(16-12-23)37(3,4)39(7,8)40(9,10)38(5,6)28-17-13-24(14-18-28)20-26(22-32)30(34)36-2/h11-20H,1-10H3/b25-19+,26-20+. The van der Waals surface area contributed by atoms with Crippen LogP contribution in [0.2, 0.25) is 52.4 Å². The van der Waals surface area contributed by atoms with Crippen molar-refractivity contribution in [3.8, 4) is 12.1 Å². The molecule has 0 radical (unpaired) electrons. The van der Waals surface area contributed by atoms with Crippen molar-refractivity contribution >= 4 is 63.9 Å². The quantitative estimate of drug-likeness (QED) is 0.172. The van der Waals surface area contributed by atoms with E-state index in [9.17, 15) is 20.1 Å². The first-order valence-electron chi connectivity index (χ1n) is 13.1. The van der Waals surface area contributed by atoms with Gasteiger partial charge >= 0.3 is 11.9 Å². The maximum Gasteiger partial charge on any atom is 0.348 e. The van der Waals surface area contributed by atoms with E-state index >= 15 is 0 Å². The van der Waals surface area contributed by atoms with Gasteiger partial charge in [-0.25, -0.2) is 9.59 Å². The van der Waals surface area contributed by atoms with E-state index < -0.39 is 41.3 Å². The molecule has 0 aliphatic heterocycles. The van der Waals surface area contributed by atoms with E-state index in [1.54, 1.807) is 12.2 Å². The molecule has 0 fully saturated rings. The van der Waals surface area contributed by atoms with Crippen LogP contribution in [0.4, 0.5) is 0 Å². The van der Waals surface area contributed by atoms with E-state index in [0.717, 1.165) is 11.1 Å². The molecule has 0 spiro atoms. The van der Waals surface area contributed by atoms with Crippen LogP contribution in [0.3, 0.4) is 0 Å². The highest BCUT2D eigenvalue weighted by Gasteiger charge is 2.59. The first kappa shape index (κ1) is 32.9. The summed E-state index contributed by atoms with van der Waals surface area (Å²) in [6.45, 7) is 20.4. The van der Waals surface area contributed by atoms with Gasteiger partial charge in [-0.3, -0.25) is 0 Å². The van der Waals surface area contributed by atoms with Gasteiger partial charge in [-0.05, 0) is 23.3 Å². The number of hydrogen-bond acceptors (Lipinski definition) is 6. The Morgan fingerprint density at radius 2 is 0.875 bits per heavy atom. The fourth-order valence-electron chi connectivity index (χ4n) is 5.10. The van der Waals surface area contributed by atoms with Crippen LogP contribution in [-0.2, 0) is 19.1 Å². The smallest absolute Gasteiger partial charge is 0.348 e. The topological polar surface area (TPSA) is 100 Å². The van der Waals surface area contributed by atoms with Crippen molar-refractivity contribution in [2.24, 2.45) is 0 Å². The van der Waals surface area contributed by atoms with Crippen LogP contribution in [0.25, 0.3) is 12.2 Å². The first-order valence-corrected chi connectivity index (χ1v) is 28.1. The maximum absolute atomic E-state index is 11.8. The number of hydrogen-bond donors (Lipinski definition) is 0. The molecular weight excluding hydrogens is 565 g/mol. The first-order chi connectivity index (χ1) is 18.5. The SMILES string of the molecule is COC(=O)/C(C#N)=C/c1ccc([Si](C)(C)[Si](C)(C)[Si](C)(C)[Si](C)(C)c2ccc(/C=C(\C#N)C(=O)OC)cc2)cc1. The summed E-state index contributed by atoms with van der Waals surface area (Å²) in [5.41, 5.74) is 1.58. The number of esters is 2.